The SMILES string of the molecule is CS(=O)(=O)C[C@@H](NCc1nc2ccccc2o1)c1ccccc1. The topological polar surface area (TPSA) is 72.2 Å². The number of fused-ring (bicyclic) bond motifs is 1. The van der Waals surface area contributed by atoms with Crippen LogP contribution in [0.15, 0.2) is 59.0 Å². The summed E-state index contributed by atoms with van der Waals surface area (Å²) in [6.45, 7) is 0.365. The van der Waals surface area contributed by atoms with E-state index in [0.717, 1.165) is 16.7 Å². The van der Waals surface area contributed by atoms with Crippen LogP contribution in [0.2, 0.25) is 0 Å². The van der Waals surface area contributed by atoms with Crippen molar-refractivity contribution in [1.82, 2.24) is 10.3 Å². The molecular weight excluding hydrogens is 312 g/mol. The highest BCUT2D eigenvalue weighted by molar-refractivity contribution is 7.90. The first-order chi connectivity index (χ1) is 11.0. The summed E-state index contributed by atoms with van der Waals surface area (Å²) >= 11 is 0. The third kappa shape index (κ3) is 4.18. The summed E-state index contributed by atoms with van der Waals surface area (Å²) in [5.41, 5.74) is 2.45. The molecule has 5 nitrogen and oxygen atoms in total. The van der Waals surface area contributed by atoms with Crippen LogP contribution >= 0.6 is 0 Å². The molecule has 0 aliphatic carbocycles. The molecule has 0 aliphatic rings. The molecule has 1 N–H and O–H groups in total. The van der Waals surface area contributed by atoms with E-state index in [-0.39, 0.29) is 11.8 Å². The summed E-state index contributed by atoms with van der Waals surface area (Å²) in [6, 6.07) is 16.7. The molecule has 0 bridgehead atoms. The summed E-state index contributed by atoms with van der Waals surface area (Å²) in [7, 11) is -3.11. The maximum atomic E-state index is 11.7. The molecule has 0 fully saturated rings. The van der Waals surface area contributed by atoms with Crippen LogP contribution in [0.25, 0.3) is 11.1 Å². The number of hydrogen-bond acceptors (Lipinski definition) is 5. The van der Waals surface area contributed by atoms with Crippen molar-refractivity contribution in [2.45, 2.75) is 12.6 Å². The number of nitrogens with zero attached hydrogens (tertiary/aromatic N) is 1. The van der Waals surface area contributed by atoms with Gasteiger partial charge in [0, 0.05) is 12.3 Å². The van der Waals surface area contributed by atoms with Gasteiger partial charge in [0.1, 0.15) is 15.4 Å². The number of nitrogens with one attached hydrogen (secondary N) is 1. The van der Waals surface area contributed by atoms with E-state index in [1.807, 2.05) is 54.6 Å². The molecule has 0 spiro atoms. The highest BCUT2D eigenvalue weighted by atomic mass is 32.2. The van der Waals surface area contributed by atoms with E-state index in [1.54, 1.807) is 0 Å². The molecule has 0 unspecified atom stereocenters. The molecule has 1 aromatic heterocycles. The normalized spacial score (nSPS) is 13.3. The Morgan fingerprint density at radius 3 is 2.48 bits per heavy atom. The first-order valence-electron chi connectivity index (χ1n) is 7.32. The van der Waals surface area contributed by atoms with Crippen molar-refractivity contribution in [3.63, 3.8) is 0 Å². The van der Waals surface area contributed by atoms with Gasteiger partial charge < -0.3 is 9.73 Å². The number of benzene rings is 2. The molecule has 1 atom stereocenters. The van der Waals surface area contributed by atoms with Crippen LogP contribution in [0.1, 0.15) is 17.5 Å². The largest absolute Gasteiger partial charge is 0.439 e. The van der Waals surface area contributed by atoms with Crippen molar-refractivity contribution in [2.24, 2.45) is 0 Å². The van der Waals surface area contributed by atoms with Crippen molar-refractivity contribution in [3.05, 3.63) is 66.1 Å². The quantitative estimate of drug-likeness (QED) is 0.752. The fourth-order valence-corrected chi connectivity index (χ4v) is 3.38. The zero-order valence-corrected chi connectivity index (χ0v) is 13.6. The van der Waals surface area contributed by atoms with Gasteiger partial charge in [-0.15, -0.1) is 0 Å². The first-order valence-corrected chi connectivity index (χ1v) is 9.38. The minimum atomic E-state index is -3.11. The monoisotopic (exact) mass is 330 g/mol. The van der Waals surface area contributed by atoms with Crippen LogP contribution in [-0.4, -0.2) is 25.4 Å². The Morgan fingerprint density at radius 2 is 1.78 bits per heavy atom. The third-order valence-electron chi connectivity index (χ3n) is 3.51. The molecule has 23 heavy (non-hydrogen) atoms. The number of sulfone groups is 1. The second-order valence-corrected chi connectivity index (χ2v) is 7.70. The highest BCUT2D eigenvalue weighted by Crippen LogP contribution is 2.18. The molecule has 0 aliphatic heterocycles. The van der Waals surface area contributed by atoms with Gasteiger partial charge in [-0.05, 0) is 17.7 Å². The van der Waals surface area contributed by atoms with E-state index >= 15 is 0 Å². The number of hydrogen-bond donors (Lipinski definition) is 1. The van der Waals surface area contributed by atoms with E-state index in [9.17, 15) is 8.42 Å². The number of rotatable bonds is 6. The molecule has 120 valence electrons. The lowest BCUT2D eigenvalue weighted by Gasteiger charge is -2.17. The van der Waals surface area contributed by atoms with Crippen LogP contribution in [-0.2, 0) is 16.4 Å². The van der Waals surface area contributed by atoms with Gasteiger partial charge in [0.05, 0.1) is 12.3 Å². The Balaban J connectivity index is 1.78. The van der Waals surface area contributed by atoms with E-state index in [2.05, 4.69) is 10.3 Å². The molecule has 2 aromatic carbocycles. The maximum Gasteiger partial charge on any atom is 0.209 e. The molecule has 0 saturated heterocycles. The summed E-state index contributed by atoms with van der Waals surface area (Å²) in [5.74, 6) is 0.567. The fourth-order valence-electron chi connectivity index (χ4n) is 2.47. The van der Waals surface area contributed by atoms with Crippen LogP contribution in [0.4, 0.5) is 0 Å². The Bertz CT molecular complexity index is 855. The summed E-state index contributed by atoms with van der Waals surface area (Å²) in [6.07, 6.45) is 1.24. The molecular formula is C17H18N2O3S. The Labute approximate surface area is 135 Å². The van der Waals surface area contributed by atoms with Gasteiger partial charge in [-0.1, -0.05) is 42.5 Å². The van der Waals surface area contributed by atoms with Crippen LogP contribution < -0.4 is 5.32 Å². The van der Waals surface area contributed by atoms with Crippen LogP contribution in [0.3, 0.4) is 0 Å². The van der Waals surface area contributed by atoms with Gasteiger partial charge in [-0.3, -0.25) is 0 Å². The van der Waals surface area contributed by atoms with Gasteiger partial charge in [0.15, 0.2) is 5.58 Å². The molecule has 0 amide bonds. The van der Waals surface area contributed by atoms with Crippen LogP contribution in [0.5, 0.6) is 0 Å². The number of oxazole rings is 1. The molecule has 3 rings (SSSR count). The van der Waals surface area contributed by atoms with Crippen molar-refractivity contribution in [1.29, 1.82) is 0 Å². The minimum Gasteiger partial charge on any atom is -0.439 e. The number of para-hydroxylation sites is 2. The zero-order chi connectivity index (χ0) is 16.3. The van der Waals surface area contributed by atoms with Gasteiger partial charge in [-0.2, -0.15) is 0 Å². The Morgan fingerprint density at radius 1 is 1.09 bits per heavy atom. The summed E-state index contributed by atoms with van der Waals surface area (Å²) in [5, 5.41) is 3.23. The van der Waals surface area contributed by atoms with E-state index in [4.69, 9.17) is 4.42 Å². The second-order valence-electron chi connectivity index (χ2n) is 5.51. The molecule has 0 radical (unpaired) electrons. The molecule has 6 heteroatoms. The second kappa shape index (κ2) is 6.52. The smallest absolute Gasteiger partial charge is 0.209 e. The van der Waals surface area contributed by atoms with Crippen molar-refractivity contribution < 1.29 is 12.8 Å². The minimum absolute atomic E-state index is 0.0250. The lowest BCUT2D eigenvalue weighted by atomic mass is 10.1. The van der Waals surface area contributed by atoms with Crippen molar-refractivity contribution in [3.8, 4) is 0 Å². The van der Waals surface area contributed by atoms with Crippen molar-refractivity contribution >= 4 is 20.9 Å². The first kappa shape index (κ1) is 15.7. The fraction of sp³-hybridized carbons (Fsp3) is 0.235. The zero-order valence-electron chi connectivity index (χ0n) is 12.8. The lowest BCUT2D eigenvalue weighted by molar-refractivity contribution is 0.465. The summed E-state index contributed by atoms with van der Waals surface area (Å²) < 4.78 is 29.0. The van der Waals surface area contributed by atoms with Gasteiger partial charge in [0.25, 0.3) is 0 Å². The Kier molecular flexibility index (Phi) is 4.45. The Hall–Kier alpha value is -2.18. The van der Waals surface area contributed by atoms with Crippen molar-refractivity contribution in [2.75, 3.05) is 12.0 Å². The lowest BCUT2D eigenvalue weighted by Crippen LogP contribution is -2.27. The van der Waals surface area contributed by atoms with Gasteiger partial charge in [-0.25, -0.2) is 13.4 Å². The average Bonchev–Trinajstić information content (AvgIpc) is 2.94. The molecule has 1 heterocycles. The third-order valence-corrected chi connectivity index (χ3v) is 4.45. The summed E-state index contributed by atoms with van der Waals surface area (Å²) in [4.78, 5) is 4.40. The maximum absolute atomic E-state index is 11.7. The molecule has 0 saturated carbocycles. The van der Waals surface area contributed by atoms with Crippen LogP contribution in [0, 0.1) is 0 Å². The standard InChI is InChI=1S/C17H18N2O3S/c1-23(20,21)12-15(13-7-3-2-4-8-13)18-11-17-19-14-9-5-6-10-16(14)22-17/h2-10,15,18H,11-12H2,1H3/t15-/m1/s1. The molecule has 3 aromatic rings. The predicted octanol–water partition coefficient (Wildman–Crippen LogP) is 2.70. The van der Waals surface area contributed by atoms with E-state index in [0.29, 0.717) is 12.4 Å². The van der Waals surface area contributed by atoms with Gasteiger partial charge >= 0.3 is 0 Å². The average molecular weight is 330 g/mol. The van der Waals surface area contributed by atoms with E-state index < -0.39 is 9.84 Å². The predicted molar refractivity (Wildman–Crippen MR) is 89.7 cm³/mol. The number of aromatic nitrogens is 1. The van der Waals surface area contributed by atoms with E-state index in [1.165, 1.54) is 6.26 Å². The van der Waals surface area contributed by atoms with Gasteiger partial charge in [0.2, 0.25) is 5.89 Å². The highest BCUT2D eigenvalue weighted by Gasteiger charge is 2.18.